The van der Waals surface area contributed by atoms with E-state index in [1.807, 2.05) is 46.9 Å². The molecule has 3 heterocycles. The van der Waals surface area contributed by atoms with Crippen LogP contribution < -0.4 is 9.64 Å². The highest BCUT2D eigenvalue weighted by molar-refractivity contribution is 7.15. The molecule has 156 valence electrons. The van der Waals surface area contributed by atoms with Crippen molar-refractivity contribution in [1.29, 1.82) is 0 Å². The molecule has 0 spiro atoms. The largest absolute Gasteiger partial charge is 0.494 e. The summed E-state index contributed by atoms with van der Waals surface area (Å²) in [5.74, 6) is 1.15. The van der Waals surface area contributed by atoms with E-state index in [9.17, 15) is 10.1 Å². The van der Waals surface area contributed by atoms with Crippen molar-refractivity contribution in [2.75, 3.05) is 18.1 Å². The van der Waals surface area contributed by atoms with Gasteiger partial charge in [0.25, 0.3) is 4.96 Å². The molecule has 0 saturated carbocycles. The van der Waals surface area contributed by atoms with Crippen LogP contribution in [0.4, 0.5) is 11.6 Å². The number of benzene rings is 1. The number of rotatable bonds is 10. The molecule has 3 aromatic heterocycles. The zero-order valence-electron chi connectivity index (χ0n) is 16.5. The van der Waals surface area contributed by atoms with Gasteiger partial charge in [-0.3, -0.25) is 0 Å². The van der Waals surface area contributed by atoms with E-state index in [0.717, 1.165) is 24.3 Å². The number of fused-ring (bicyclic) bond motifs is 1. The van der Waals surface area contributed by atoms with Crippen LogP contribution in [-0.4, -0.2) is 37.0 Å². The minimum atomic E-state index is -0.362. The minimum Gasteiger partial charge on any atom is -0.494 e. The van der Waals surface area contributed by atoms with Crippen LogP contribution in [0.5, 0.6) is 5.75 Å². The molecule has 4 aromatic rings. The highest BCUT2D eigenvalue weighted by atomic mass is 32.1. The van der Waals surface area contributed by atoms with Gasteiger partial charge in [0.05, 0.1) is 12.9 Å². The SMILES string of the molecule is CCOc1ccccc1CN(CCCn1ccnc1)c1nc2sccn2c1[N+](=O)[O-]. The van der Waals surface area contributed by atoms with Gasteiger partial charge in [-0.05, 0) is 24.3 Å². The zero-order valence-corrected chi connectivity index (χ0v) is 17.4. The smallest absolute Gasteiger partial charge is 0.373 e. The van der Waals surface area contributed by atoms with Gasteiger partial charge < -0.3 is 24.3 Å². The van der Waals surface area contributed by atoms with Crippen LogP contribution >= 0.6 is 11.3 Å². The van der Waals surface area contributed by atoms with Crippen molar-refractivity contribution in [3.05, 3.63) is 70.2 Å². The predicted molar refractivity (Wildman–Crippen MR) is 115 cm³/mol. The molecule has 4 rings (SSSR count). The van der Waals surface area contributed by atoms with Gasteiger partial charge in [-0.15, -0.1) is 0 Å². The van der Waals surface area contributed by atoms with E-state index in [2.05, 4.69) is 9.97 Å². The molecular formula is C20H22N6O3S. The number of hydrogen-bond acceptors (Lipinski definition) is 7. The second-order valence-corrected chi connectivity index (χ2v) is 7.56. The maximum atomic E-state index is 11.9. The minimum absolute atomic E-state index is 0.0113. The lowest BCUT2D eigenvalue weighted by Gasteiger charge is -2.23. The van der Waals surface area contributed by atoms with Crippen LogP contribution in [0.15, 0.2) is 54.6 Å². The molecule has 0 bridgehead atoms. The Morgan fingerprint density at radius 1 is 1.30 bits per heavy atom. The molecule has 0 radical (unpaired) electrons. The number of nitrogens with zero attached hydrogens (tertiary/aromatic N) is 6. The fourth-order valence-corrected chi connectivity index (χ4v) is 4.11. The van der Waals surface area contributed by atoms with Crippen molar-refractivity contribution >= 4 is 27.9 Å². The summed E-state index contributed by atoms with van der Waals surface area (Å²) in [5, 5.41) is 13.7. The molecule has 0 aliphatic carbocycles. The van der Waals surface area contributed by atoms with Gasteiger partial charge in [-0.2, -0.15) is 9.38 Å². The van der Waals surface area contributed by atoms with E-state index in [4.69, 9.17) is 4.74 Å². The Balaban J connectivity index is 1.66. The Morgan fingerprint density at radius 2 is 2.17 bits per heavy atom. The molecule has 0 unspecified atom stereocenters. The van der Waals surface area contributed by atoms with E-state index in [1.54, 1.807) is 24.1 Å². The Morgan fingerprint density at radius 3 is 2.93 bits per heavy atom. The van der Waals surface area contributed by atoms with Crippen molar-refractivity contribution in [1.82, 2.24) is 18.9 Å². The van der Waals surface area contributed by atoms with Crippen molar-refractivity contribution in [2.24, 2.45) is 0 Å². The number of para-hydroxylation sites is 1. The van der Waals surface area contributed by atoms with Gasteiger partial charge >= 0.3 is 5.82 Å². The second-order valence-electron chi connectivity index (χ2n) is 6.69. The first-order valence-electron chi connectivity index (χ1n) is 9.68. The lowest BCUT2D eigenvalue weighted by atomic mass is 10.2. The Labute approximate surface area is 177 Å². The average molecular weight is 427 g/mol. The van der Waals surface area contributed by atoms with Gasteiger partial charge in [-0.1, -0.05) is 29.5 Å². The van der Waals surface area contributed by atoms with Crippen LogP contribution in [-0.2, 0) is 13.1 Å². The molecular weight excluding hydrogens is 404 g/mol. The summed E-state index contributed by atoms with van der Waals surface area (Å²) in [6.07, 6.45) is 7.89. The van der Waals surface area contributed by atoms with Crippen LogP contribution in [0.25, 0.3) is 4.96 Å². The van der Waals surface area contributed by atoms with Gasteiger partial charge in [0, 0.05) is 43.0 Å². The highest BCUT2D eigenvalue weighted by Crippen LogP contribution is 2.33. The van der Waals surface area contributed by atoms with Crippen molar-refractivity contribution in [2.45, 2.75) is 26.4 Å². The number of anilines is 1. The number of hydrogen-bond donors (Lipinski definition) is 0. The molecule has 0 aliphatic rings. The lowest BCUT2D eigenvalue weighted by Crippen LogP contribution is -2.26. The third-order valence-electron chi connectivity index (χ3n) is 4.73. The molecule has 0 amide bonds. The second kappa shape index (κ2) is 8.95. The first-order valence-corrected chi connectivity index (χ1v) is 10.6. The lowest BCUT2D eigenvalue weighted by molar-refractivity contribution is -0.389. The molecule has 1 aromatic carbocycles. The third-order valence-corrected chi connectivity index (χ3v) is 5.49. The van der Waals surface area contributed by atoms with Gasteiger partial charge in [-0.25, -0.2) is 4.98 Å². The van der Waals surface area contributed by atoms with Gasteiger partial charge in [0.1, 0.15) is 11.9 Å². The Bertz CT molecular complexity index is 1120. The fraction of sp³-hybridized carbons (Fsp3) is 0.300. The standard InChI is InChI=1S/C20H22N6O3S/c1-2-29-17-7-4-3-6-16(17)14-24(10-5-9-23-11-8-21-15-23)18-19(26(27)28)25-12-13-30-20(25)22-18/h3-4,6-8,11-13,15H,2,5,9-10,14H2,1H3. The van der Waals surface area contributed by atoms with E-state index in [-0.39, 0.29) is 10.7 Å². The summed E-state index contributed by atoms with van der Waals surface area (Å²) in [6.45, 7) is 4.32. The molecule has 0 saturated heterocycles. The van der Waals surface area contributed by atoms with Gasteiger partial charge in [0.15, 0.2) is 0 Å². The summed E-state index contributed by atoms with van der Waals surface area (Å²) >= 11 is 1.38. The molecule has 9 nitrogen and oxygen atoms in total. The monoisotopic (exact) mass is 426 g/mol. The summed E-state index contributed by atoms with van der Waals surface area (Å²) in [5.41, 5.74) is 0.965. The number of aryl methyl sites for hydroxylation is 1. The summed E-state index contributed by atoms with van der Waals surface area (Å²) in [6, 6.07) is 7.77. The van der Waals surface area contributed by atoms with E-state index >= 15 is 0 Å². The van der Waals surface area contributed by atoms with E-state index in [0.29, 0.717) is 30.5 Å². The normalized spacial score (nSPS) is 11.1. The third kappa shape index (κ3) is 4.13. The molecule has 0 N–H and O–H groups in total. The van der Waals surface area contributed by atoms with Crippen molar-refractivity contribution in [3.8, 4) is 5.75 Å². The maximum Gasteiger partial charge on any atom is 0.373 e. The van der Waals surface area contributed by atoms with E-state index < -0.39 is 0 Å². The topological polar surface area (TPSA) is 90.7 Å². The van der Waals surface area contributed by atoms with E-state index in [1.165, 1.54) is 15.7 Å². The Hall–Kier alpha value is -3.40. The van der Waals surface area contributed by atoms with Crippen LogP contribution in [0.1, 0.15) is 18.9 Å². The molecule has 0 aliphatic heterocycles. The van der Waals surface area contributed by atoms with Crippen molar-refractivity contribution in [3.63, 3.8) is 0 Å². The zero-order chi connectivity index (χ0) is 20.9. The van der Waals surface area contributed by atoms with Crippen LogP contribution in [0.3, 0.4) is 0 Å². The molecule has 10 heteroatoms. The average Bonchev–Trinajstić information content (AvgIpc) is 3.45. The molecule has 0 fully saturated rings. The quantitative estimate of drug-likeness (QED) is 0.281. The number of aromatic nitrogens is 4. The predicted octanol–water partition coefficient (Wildman–Crippen LogP) is 4.00. The first-order chi connectivity index (χ1) is 14.7. The number of ether oxygens (including phenoxy) is 1. The van der Waals surface area contributed by atoms with Crippen LogP contribution in [0, 0.1) is 10.1 Å². The number of thiazole rings is 1. The Kier molecular flexibility index (Phi) is 5.94. The number of imidazole rings is 2. The van der Waals surface area contributed by atoms with Crippen LogP contribution in [0.2, 0.25) is 0 Å². The maximum absolute atomic E-state index is 11.9. The first kappa shape index (κ1) is 19.9. The summed E-state index contributed by atoms with van der Waals surface area (Å²) < 4.78 is 9.29. The summed E-state index contributed by atoms with van der Waals surface area (Å²) in [4.78, 5) is 22.7. The fourth-order valence-electron chi connectivity index (χ4n) is 3.40. The summed E-state index contributed by atoms with van der Waals surface area (Å²) in [7, 11) is 0. The van der Waals surface area contributed by atoms with Gasteiger partial charge in [0.2, 0.25) is 5.82 Å². The highest BCUT2D eigenvalue weighted by Gasteiger charge is 2.28. The number of nitro groups is 1. The molecule has 30 heavy (non-hydrogen) atoms. The molecule has 0 atom stereocenters. The van der Waals surface area contributed by atoms with Crippen molar-refractivity contribution < 1.29 is 9.66 Å².